The number of halogens is 3. The van der Waals surface area contributed by atoms with Gasteiger partial charge in [-0.3, -0.25) is 4.79 Å². The summed E-state index contributed by atoms with van der Waals surface area (Å²) >= 11 is 0. The number of carbonyl (C=O) groups excluding carboxylic acids is 1. The molecule has 1 aliphatic rings. The molecule has 1 heterocycles. The van der Waals surface area contributed by atoms with E-state index >= 15 is 0 Å². The van der Waals surface area contributed by atoms with Crippen LogP contribution in [0.4, 0.5) is 18.9 Å². The quantitative estimate of drug-likeness (QED) is 0.329. The van der Waals surface area contributed by atoms with E-state index in [2.05, 4.69) is 5.32 Å². The number of phenols is 3. The van der Waals surface area contributed by atoms with Crippen LogP contribution < -0.4 is 10.1 Å². The minimum atomic E-state index is -4.66. The molecule has 3 rings (SSSR count). The SMILES string of the molecule is O=C(Nc1cc(O)c2c(c1O)O2)c1ccc(C(F)(F)F)cc1O. The van der Waals surface area contributed by atoms with E-state index in [1.165, 1.54) is 0 Å². The molecule has 0 saturated carbocycles. The summed E-state index contributed by atoms with van der Waals surface area (Å²) in [6.45, 7) is 0. The third-order valence-electron chi connectivity index (χ3n) is 3.17. The Morgan fingerprint density at radius 1 is 1.04 bits per heavy atom. The first-order valence-electron chi connectivity index (χ1n) is 6.17. The highest BCUT2D eigenvalue weighted by Crippen LogP contribution is 2.60. The number of hydrogen-bond acceptors (Lipinski definition) is 5. The van der Waals surface area contributed by atoms with Crippen molar-refractivity contribution < 1.29 is 38.0 Å². The zero-order valence-corrected chi connectivity index (χ0v) is 11.1. The lowest BCUT2D eigenvalue weighted by Crippen LogP contribution is -2.13. The van der Waals surface area contributed by atoms with Crippen molar-refractivity contribution >= 4 is 11.6 Å². The van der Waals surface area contributed by atoms with Gasteiger partial charge in [0.1, 0.15) is 5.75 Å². The molecule has 0 radical (unpaired) electrons. The zero-order chi connectivity index (χ0) is 16.9. The van der Waals surface area contributed by atoms with E-state index in [4.69, 9.17) is 4.74 Å². The molecule has 0 saturated heterocycles. The molecule has 1 amide bonds. The number of hydrogen-bond donors (Lipinski definition) is 4. The van der Waals surface area contributed by atoms with E-state index in [1.807, 2.05) is 0 Å². The van der Waals surface area contributed by atoms with Gasteiger partial charge in [0.05, 0.1) is 16.8 Å². The predicted octanol–water partition coefficient (Wildman–Crippen LogP) is 3.18. The predicted molar refractivity (Wildman–Crippen MR) is 70.9 cm³/mol. The average Bonchev–Trinajstić information content (AvgIpc) is 3.24. The Morgan fingerprint density at radius 2 is 1.74 bits per heavy atom. The first-order valence-corrected chi connectivity index (χ1v) is 6.17. The number of alkyl halides is 3. The molecular weight excluding hydrogens is 319 g/mol. The highest BCUT2D eigenvalue weighted by atomic mass is 19.4. The van der Waals surface area contributed by atoms with Crippen molar-refractivity contribution in [1.29, 1.82) is 0 Å². The minimum Gasteiger partial charge on any atom is -0.507 e. The Hall–Kier alpha value is -3.10. The molecule has 2 aromatic carbocycles. The molecule has 6 nitrogen and oxygen atoms in total. The Kier molecular flexibility index (Phi) is 3.03. The number of aromatic hydroxyl groups is 3. The molecule has 0 aliphatic carbocycles. The van der Waals surface area contributed by atoms with Crippen LogP contribution in [0.1, 0.15) is 15.9 Å². The molecule has 120 valence electrons. The Morgan fingerprint density at radius 3 is 2.35 bits per heavy atom. The van der Waals surface area contributed by atoms with E-state index in [0.717, 1.165) is 12.1 Å². The second-order valence-electron chi connectivity index (χ2n) is 4.74. The van der Waals surface area contributed by atoms with Gasteiger partial charge in [-0.2, -0.15) is 13.2 Å². The molecule has 23 heavy (non-hydrogen) atoms. The number of nitrogens with one attached hydrogen (secondary N) is 1. The number of fused-ring (bicyclic) bond motifs is 1. The summed E-state index contributed by atoms with van der Waals surface area (Å²) in [6, 6.07) is 2.87. The minimum absolute atomic E-state index is 0.00283. The highest BCUT2D eigenvalue weighted by molar-refractivity contribution is 6.07. The van der Waals surface area contributed by atoms with Gasteiger partial charge in [-0.1, -0.05) is 0 Å². The van der Waals surface area contributed by atoms with Crippen LogP contribution in [-0.4, -0.2) is 21.2 Å². The molecule has 0 fully saturated rings. The van der Waals surface area contributed by atoms with Gasteiger partial charge in [-0.05, 0) is 18.2 Å². The molecular formula is C14H8F3NO5. The lowest BCUT2D eigenvalue weighted by atomic mass is 10.1. The van der Waals surface area contributed by atoms with Crippen molar-refractivity contribution in [3.63, 3.8) is 0 Å². The Balaban J connectivity index is 1.88. The van der Waals surface area contributed by atoms with Crippen LogP contribution >= 0.6 is 0 Å². The van der Waals surface area contributed by atoms with Crippen LogP contribution in [0, 0.1) is 0 Å². The van der Waals surface area contributed by atoms with Crippen molar-refractivity contribution in [2.24, 2.45) is 0 Å². The second-order valence-corrected chi connectivity index (χ2v) is 4.74. The van der Waals surface area contributed by atoms with Gasteiger partial charge in [0, 0.05) is 6.07 Å². The third-order valence-corrected chi connectivity index (χ3v) is 3.17. The lowest BCUT2D eigenvalue weighted by Gasteiger charge is -2.10. The van der Waals surface area contributed by atoms with Crippen molar-refractivity contribution in [2.75, 3.05) is 5.32 Å². The standard InChI is InChI=1S/C14H8F3NO5/c15-14(16,17)5-1-2-6(8(19)3-5)13(22)18-7-4-9(20)11-12(23-11)10(7)21/h1-4,19-21H,(H,18,22). The summed E-state index contributed by atoms with van der Waals surface area (Å²) in [6.07, 6.45) is -4.66. The number of rotatable bonds is 2. The van der Waals surface area contributed by atoms with Crippen LogP contribution in [0.15, 0.2) is 24.3 Å². The molecule has 0 unspecified atom stereocenters. The maximum absolute atomic E-state index is 12.5. The summed E-state index contributed by atoms with van der Waals surface area (Å²) in [5, 5.41) is 31.0. The number of carbonyl (C=O) groups is 1. The molecule has 0 bridgehead atoms. The van der Waals surface area contributed by atoms with E-state index in [9.17, 15) is 33.3 Å². The van der Waals surface area contributed by atoms with E-state index in [0.29, 0.717) is 12.1 Å². The van der Waals surface area contributed by atoms with Crippen molar-refractivity contribution in [1.82, 2.24) is 0 Å². The summed E-state index contributed by atoms with van der Waals surface area (Å²) in [5.41, 5.74) is -1.74. The van der Waals surface area contributed by atoms with Gasteiger partial charge < -0.3 is 25.4 Å². The number of ether oxygens (including phenoxy) is 1. The van der Waals surface area contributed by atoms with Gasteiger partial charge in [-0.25, -0.2) is 0 Å². The average molecular weight is 327 g/mol. The van der Waals surface area contributed by atoms with Crippen LogP contribution in [0.3, 0.4) is 0 Å². The number of benzene rings is 2. The van der Waals surface area contributed by atoms with Gasteiger partial charge in [0.25, 0.3) is 5.91 Å². The first kappa shape index (κ1) is 14.8. The second kappa shape index (κ2) is 4.70. The fourth-order valence-electron chi connectivity index (χ4n) is 1.98. The van der Waals surface area contributed by atoms with Gasteiger partial charge in [0.15, 0.2) is 11.5 Å². The zero-order valence-electron chi connectivity index (χ0n) is 11.1. The Bertz CT molecular complexity index is 832. The monoisotopic (exact) mass is 327 g/mol. The fraction of sp³-hybridized carbons (Fsp3) is 0.0714. The maximum atomic E-state index is 12.5. The molecule has 9 heteroatoms. The van der Waals surface area contributed by atoms with Crippen LogP contribution in [0.5, 0.6) is 28.7 Å². The van der Waals surface area contributed by atoms with Crippen molar-refractivity contribution in [2.45, 2.75) is 6.18 Å². The molecule has 4 N–H and O–H groups in total. The molecule has 0 aromatic heterocycles. The van der Waals surface area contributed by atoms with Crippen molar-refractivity contribution in [3.8, 4) is 28.7 Å². The number of anilines is 1. The third kappa shape index (κ3) is 2.56. The molecule has 0 spiro atoms. The van der Waals surface area contributed by atoms with Gasteiger partial charge >= 0.3 is 6.18 Å². The lowest BCUT2D eigenvalue weighted by molar-refractivity contribution is -0.137. The Labute approximate surface area is 126 Å². The highest BCUT2D eigenvalue weighted by Gasteiger charge is 2.34. The fourth-order valence-corrected chi connectivity index (χ4v) is 1.98. The number of phenolic OH excluding ortho intramolecular Hbond substituents is 3. The van der Waals surface area contributed by atoms with E-state index < -0.39 is 34.7 Å². The van der Waals surface area contributed by atoms with Crippen LogP contribution in [-0.2, 0) is 6.18 Å². The molecule has 2 aromatic rings. The van der Waals surface area contributed by atoms with E-state index in [-0.39, 0.29) is 22.9 Å². The van der Waals surface area contributed by atoms with Gasteiger partial charge in [0.2, 0.25) is 11.5 Å². The van der Waals surface area contributed by atoms with Crippen LogP contribution in [0.25, 0.3) is 0 Å². The van der Waals surface area contributed by atoms with Crippen molar-refractivity contribution in [3.05, 3.63) is 35.4 Å². The normalized spacial score (nSPS) is 12.3. The largest absolute Gasteiger partial charge is 0.507 e. The molecule has 1 aliphatic heterocycles. The van der Waals surface area contributed by atoms with Gasteiger partial charge in [-0.15, -0.1) is 0 Å². The van der Waals surface area contributed by atoms with E-state index in [1.54, 1.807) is 0 Å². The molecule has 0 atom stereocenters. The summed E-state index contributed by atoms with van der Waals surface area (Å²) in [7, 11) is 0. The maximum Gasteiger partial charge on any atom is 0.416 e. The number of amides is 1. The first-order chi connectivity index (χ1) is 10.7. The smallest absolute Gasteiger partial charge is 0.416 e. The summed E-state index contributed by atoms with van der Waals surface area (Å²) in [5.74, 6) is -2.51. The van der Waals surface area contributed by atoms with Crippen LogP contribution in [0.2, 0.25) is 0 Å². The summed E-state index contributed by atoms with van der Waals surface area (Å²) < 4.78 is 42.3. The topological polar surface area (TPSA) is 102 Å². The summed E-state index contributed by atoms with van der Waals surface area (Å²) in [4.78, 5) is 12.0.